The highest BCUT2D eigenvalue weighted by Crippen LogP contribution is 2.28. The van der Waals surface area contributed by atoms with Gasteiger partial charge in [-0.15, -0.1) is 13.2 Å². The Bertz CT molecular complexity index is 1120. The summed E-state index contributed by atoms with van der Waals surface area (Å²) in [6.45, 7) is 1.30. The van der Waals surface area contributed by atoms with Crippen molar-refractivity contribution in [2.45, 2.75) is 19.7 Å². The van der Waals surface area contributed by atoms with Crippen LogP contribution in [0.3, 0.4) is 0 Å². The molecule has 2 amide bonds. The van der Waals surface area contributed by atoms with Crippen LogP contribution in [0.5, 0.6) is 5.75 Å². The van der Waals surface area contributed by atoms with Crippen molar-refractivity contribution in [1.82, 2.24) is 4.98 Å². The van der Waals surface area contributed by atoms with Gasteiger partial charge < -0.3 is 10.1 Å². The number of anilines is 3. The van der Waals surface area contributed by atoms with Gasteiger partial charge in [-0.1, -0.05) is 18.2 Å². The van der Waals surface area contributed by atoms with E-state index in [0.29, 0.717) is 5.69 Å². The summed E-state index contributed by atoms with van der Waals surface area (Å²) in [5, 5.41) is 2.56. The van der Waals surface area contributed by atoms with Crippen molar-refractivity contribution in [3.8, 4) is 5.75 Å². The van der Waals surface area contributed by atoms with Crippen molar-refractivity contribution in [2.24, 2.45) is 0 Å². The minimum atomic E-state index is -4.89. The molecule has 10 heteroatoms. The second kappa shape index (κ2) is 9.46. The Hall–Kier alpha value is -3.95. The van der Waals surface area contributed by atoms with E-state index in [0.717, 1.165) is 6.07 Å². The molecule has 1 aromatic heterocycles. The number of pyridine rings is 1. The first-order valence-corrected chi connectivity index (χ1v) is 9.28. The Morgan fingerprint density at radius 1 is 1.06 bits per heavy atom. The number of hydrogen-bond donors (Lipinski definition) is 1. The molecule has 0 bridgehead atoms. The predicted molar refractivity (Wildman–Crippen MR) is 109 cm³/mol. The molecular formula is C22H17F4N3O3. The topological polar surface area (TPSA) is 71.5 Å². The fraction of sp³-hybridized carbons (Fsp3) is 0.136. The Balaban J connectivity index is 1.78. The van der Waals surface area contributed by atoms with E-state index in [1.807, 2.05) is 0 Å². The van der Waals surface area contributed by atoms with Crippen molar-refractivity contribution >= 4 is 29.0 Å². The van der Waals surface area contributed by atoms with E-state index in [1.165, 1.54) is 72.6 Å². The van der Waals surface area contributed by atoms with Crippen LogP contribution in [-0.4, -0.2) is 23.2 Å². The van der Waals surface area contributed by atoms with Crippen LogP contribution in [0.15, 0.2) is 66.9 Å². The normalized spacial score (nSPS) is 11.0. The zero-order valence-corrected chi connectivity index (χ0v) is 16.7. The minimum Gasteiger partial charge on any atom is -0.405 e. The van der Waals surface area contributed by atoms with Gasteiger partial charge in [-0.05, 0) is 36.4 Å². The highest BCUT2D eigenvalue weighted by molar-refractivity contribution is 5.99. The first kappa shape index (κ1) is 22.7. The molecule has 0 radical (unpaired) electrons. The first-order valence-electron chi connectivity index (χ1n) is 9.28. The number of halogens is 4. The van der Waals surface area contributed by atoms with Crippen LogP contribution in [0.2, 0.25) is 0 Å². The maximum atomic E-state index is 13.2. The van der Waals surface area contributed by atoms with E-state index in [4.69, 9.17) is 0 Å². The van der Waals surface area contributed by atoms with E-state index in [1.54, 1.807) is 0 Å². The molecule has 32 heavy (non-hydrogen) atoms. The third-order valence-electron chi connectivity index (χ3n) is 4.21. The van der Waals surface area contributed by atoms with Gasteiger partial charge in [-0.25, -0.2) is 9.37 Å². The van der Waals surface area contributed by atoms with Gasteiger partial charge >= 0.3 is 6.36 Å². The minimum absolute atomic E-state index is 0.0493. The molecule has 0 spiro atoms. The molecule has 0 aliphatic carbocycles. The molecule has 166 valence electrons. The van der Waals surface area contributed by atoms with Crippen molar-refractivity contribution < 1.29 is 31.9 Å². The molecule has 0 atom stereocenters. The smallest absolute Gasteiger partial charge is 0.405 e. The number of rotatable bonds is 6. The fourth-order valence-corrected chi connectivity index (χ4v) is 2.94. The molecule has 0 aliphatic heterocycles. The number of nitrogens with one attached hydrogen (secondary N) is 1. The largest absolute Gasteiger partial charge is 0.573 e. The lowest BCUT2D eigenvalue weighted by Crippen LogP contribution is -2.24. The number of amides is 2. The maximum absolute atomic E-state index is 13.2. The number of alkyl halides is 3. The van der Waals surface area contributed by atoms with Crippen LogP contribution in [0, 0.1) is 5.82 Å². The lowest BCUT2D eigenvalue weighted by Gasteiger charge is -2.21. The molecular weight excluding hydrogens is 430 g/mol. The predicted octanol–water partition coefficient (Wildman–Crippen LogP) is 4.99. The third-order valence-corrected chi connectivity index (χ3v) is 4.21. The average molecular weight is 447 g/mol. The average Bonchev–Trinajstić information content (AvgIpc) is 2.70. The Labute approximate surface area is 180 Å². The zero-order valence-electron chi connectivity index (χ0n) is 16.7. The van der Waals surface area contributed by atoms with Gasteiger partial charge in [0.25, 0.3) is 0 Å². The number of ether oxygens (including phenoxy) is 1. The van der Waals surface area contributed by atoms with Gasteiger partial charge in [-0.2, -0.15) is 0 Å². The number of carbonyl (C=O) groups is 2. The molecule has 0 aliphatic rings. The summed E-state index contributed by atoms with van der Waals surface area (Å²) in [5.41, 5.74) is 0.684. The van der Waals surface area contributed by atoms with Gasteiger partial charge in [0.05, 0.1) is 12.1 Å². The number of hydrogen-bond acceptors (Lipinski definition) is 4. The first-order chi connectivity index (χ1) is 15.1. The Kier molecular flexibility index (Phi) is 6.72. The van der Waals surface area contributed by atoms with Crippen LogP contribution in [0.1, 0.15) is 12.5 Å². The number of para-hydroxylation sites is 1. The van der Waals surface area contributed by atoms with Crippen LogP contribution < -0.4 is 15.0 Å². The molecule has 2 aromatic carbocycles. The molecule has 0 unspecified atom stereocenters. The highest BCUT2D eigenvalue weighted by atomic mass is 19.4. The van der Waals surface area contributed by atoms with Crippen molar-refractivity contribution in [3.05, 3.63) is 78.2 Å². The molecule has 0 saturated heterocycles. The summed E-state index contributed by atoms with van der Waals surface area (Å²) in [4.78, 5) is 29.9. The van der Waals surface area contributed by atoms with Crippen LogP contribution in [-0.2, 0) is 16.0 Å². The van der Waals surface area contributed by atoms with Crippen LogP contribution in [0.25, 0.3) is 0 Å². The monoisotopic (exact) mass is 447 g/mol. The van der Waals surface area contributed by atoms with E-state index in [-0.39, 0.29) is 23.5 Å². The Morgan fingerprint density at radius 3 is 2.41 bits per heavy atom. The summed E-state index contributed by atoms with van der Waals surface area (Å²) in [6, 6.07) is 13.4. The van der Waals surface area contributed by atoms with Crippen molar-refractivity contribution in [1.29, 1.82) is 0 Å². The molecule has 1 N–H and O–H groups in total. The molecule has 3 rings (SSSR count). The molecule has 6 nitrogen and oxygen atoms in total. The summed E-state index contributed by atoms with van der Waals surface area (Å²) in [6.07, 6.45) is -3.91. The SMILES string of the molecule is CC(=O)N(c1ccc(F)cc1)c1cc(NC(=O)Cc2ccccc2OC(F)(F)F)ccn1. The number of aromatic nitrogens is 1. The summed E-state index contributed by atoms with van der Waals surface area (Å²) in [7, 11) is 0. The lowest BCUT2D eigenvalue weighted by atomic mass is 10.1. The lowest BCUT2D eigenvalue weighted by molar-refractivity contribution is -0.274. The number of nitrogens with zero attached hydrogens (tertiary/aromatic N) is 2. The van der Waals surface area contributed by atoms with Gasteiger partial charge in [0.1, 0.15) is 17.4 Å². The second-order valence-electron chi connectivity index (χ2n) is 6.61. The summed E-state index contributed by atoms with van der Waals surface area (Å²) >= 11 is 0. The van der Waals surface area contributed by atoms with Gasteiger partial charge in [0.2, 0.25) is 11.8 Å². The summed E-state index contributed by atoms with van der Waals surface area (Å²) < 4.78 is 54.9. The van der Waals surface area contributed by atoms with E-state index < -0.39 is 29.7 Å². The molecule has 1 heterocycles. The van der Waals surface area contributed by atoms with E-state index in [9.17, 15) is 27.2 Å². The van der Waals surface area contributed by atoms with E-state index in [2.05, 4.69) is 15.0 Å². The maximum Gasteiger partial charge on any atom is 0.573 e. The highest BCUT2D eigenvalue weighted by Gasteiger charge is 2.32. The van der Waals surface area contributed by atoms with Crippen LogP contribution >= 0.6 is 0 Å². The van der Waals surface area contributed by atoms with Gasteiger partial charge in [-0.3, -0.25) is 14.5 Å². The number of carbonyl (C=O) groups excluding carboxylic acids is 2. The molecule has 0 fully saturated rings. The Morgan fingerprint density at radius 2 is 1.75 bits per heavy atom. The van der Waals surface area contributed by atoms with Gasteiger partial charge in [0.15, 0.2) is 0 Å². The second-order valence-corrected chi connectivity index (χ2v) is 6.61. The third kappa shape index (κ3) is 6.03. The summed E-state index contributed by atoms with van der Waals surface area (Å²) in [5.74, 6) is -1.77. The van der Waals surface area contributed by atoms with Gasteiger partial charge in [0, 0.05) is 30.4 Å². The molecule has 0 saturated carbocycles. The quantitative estimate of drug-likeness (QED) is 0.541. The zero-order chi connectivity index (χ0) is 23.3. The standard InChI is InChI=1S/C22H17F4N3O3/c1-14(30)29(18-8-6-16(23)7-9-18)20-13-17(10-11-27-20)28-21(31)12-15-4-2-3-5-19(15)32-22(24,25)26/h2-11,13H,12H2,1H3,(H,27,28,31). The molecule has 3 aromatic rings. The van der Waals surface area contributed by atoms with Crippen LogP contribution in [0.4, 0.5) is 34.8 Å². The van der Waals surface area contributed by atoms with Crippen molar-refractivity contribution in [3.63, 3.8) is 0 Å². The number of benzene rings is 2. The van der Waals surface area contributed by atoms with Crippen molar-refractivity contribution in [2.75, 3.05) is 10.2 Å². The van der Waals surface area contributed by atoms with E-state index >= 15 is 0 Å². The fourth-order valence-electron chi connectivity index (χ4n) is 2.94.